The molecule has 2 aromatic rings. The van der Waals surface area contributed by atoms with Crippen LogP contribution in [0.2, 0.25) is 0 Å². The van der Waals surface area contributed by atoms with E-state index in [1.807, 2.05) is 19.9 Å². The summed E-state index contributed by atoms with van der Waals surface area (Å²) in [4.78, 5) is 27.8. The van der Waals surface area contributed by atoms with E-state index in [0.717, 1.165) is 11.1 Å². The van der Waals surface area contributed by atoms with Crippen molar-refractivity contribution in [3.05, 3.63) is 65.3 Å². The molecule has 1 amide bonds. The van der Waals surface area contributed by atoms with Gasteiger partial charge in [-0.15, -0.1) is 0 Å². The molecule has 0 saturated heterocycles. The minimum absolute atomic E-state index is 0.348. The quantitative estimate of drug-likeness (QED) is 0.667. The fourth-order valence-electron chi connectivity index (χ4n) is 3.53. The second kappa shape index (κ2) is 6.98. The zero-order valence-corrected chi connectivity index (χ0v) is 16.6. The monoisotopic (exact) mass is 409 g/mol. The van der Waals surface area contributed by atoms with E-state index in [-0.39, 0.29) is 5.91 Å². The molecule has 2 aliphatic heterocycles. The summed E-state index contributed by atoms with van der Waals surface area (Å²) in [5.41, 5.74) is 2.23. The molecule has 0 radical (unpaired) electrons. The number of nitrogens with one attached hydrogen (secondary N) is 2. The van der Waals surface area contributed by atoms with Crippen molar-refractivity contribution in [2.24, 2.45) is 0 Å². The van der Waals surface area contributed by atoms with Crippen LogP contribution in [-0.2, 0) is 14.3 Å². The molecule has 0 aliphatic carbocycles. The number of fused-ring (bicyclic) bond motifs is 1. The van der Waals surface area contributed by atoms with Crippen LogP contribution in [0.5, 0.6) is 0 Å². The van der Waals surface area contributed by atoms with Crippen LogP contribution in [0.15, 0.2) is 48.4 Å². The molecule has 3 N–H and O–H groups in total. The minimum Gasteiger partial charge on any atom is -0.482 e. The minimum atomic E-state index is -0.972. The molecule has 1 unspecified atom stereocenters. The predicted molar refractivity (Wildman–Crippen MR) is 110 cm³/mol. The Morgan fingerprint density at radius 1 is 1.30 bits per heavy atom. The molecule has 154 valence electrons. The van der Waals surface area contributed by atoms with Crippen molar-refractivity contribution in [1.29, 1.82) is 0 Å². The first kappa shape index (κ1) is 19.6. The molecular formula is C22H20FN3O4. The lowest BCUT2D eigenvalue weighted by atomic mass is 9.93. The van der Waals surface area contributed by atoms with Gasteiger partial charge in [-0.2, -0.15) is 0 Å². The number of aromatic nitrogens is 1. The van der Waals surface area contributed by atoms with E-state index in [2.05, 4.69) is 15.6 Å². The maximum absolute atomic E-state index is 13.5. The lowest BCUT2D eigenvalue weighted by Crippen LogP contribution is -2.26. The van der Waals surface area contributed by atoms with Crippen LogP contribution in [0.1, 0.15) is 31.9 Å². The van der Waals surface area contributed by atoms with Gasteiger partial charge in [0.05, 0.1) is 11.3 Å². The van der Waals surface area contributed by atoms with Gasteiger partial charge in [-0.3, -0.25) is 9.59 Å². The van der Waals surface area contributed by atoms with E-state index in [9.17, 15) is 14.0 Å². The maximum atomic E-state index is 13.5. The first-order valence-corrected chi connectivity index (χ1v) is 9.38. The summed E-state index contributed by atoms with van der Waals surface area (Å²) in [6.07, 6.45) is 3.41. The Bertz CT molecular complexity index is 1120. The molecule has 1 aromatic carbocycles. The number of carbonyl (C=O) groups is 2. The number of aliphatic carboxylic acids is 1. The van der Waals surface area contributed by atoms with Gasteiger partial charge in [-0.1, -0.05) is 0 Å². The number of benzene rings is 1. The average molecular weight is 409 g/mol. The lowest BCUT2D eigenvalue weighted by Gasteiger charge is -2.23. The molecule has 0 spiro atoms. The highest BCUT2D eigenvalue weighted by molar-refractivity contribution is 6.32. The van der Waals surface area contributed by atoms with E-state index >= 15 is 0 Å². The summed E-state index contributed by atoms with van der Waals surface area (Å²) in [7, 11) is 0. The van der Waals surface area contributed by atoms with Crippen molar-refractivity contribution in [2.45, 2.75) is 32.4 Å². The molecule has 30 heavy (non-hydrogen) atoms. The molecule has 0 bridgehead atoms. The Kier molecular flexibility index (Phi) is 4.57. The van der Waals surface area contributed by atoms with Gasteiger partial charge in [0.25, 0.3) is 5.91 Å². The topological polar surface area (TPSA) is 101 Å². The van der Waals surface area contributed by atoms with Crippen LogP contribution in [0.3, 0.4) is 0 Å². The molecule has 0 saturated carbocycles. The highest BCUT2D eigenvalue weighted by Gasteiger charge is 2.38. The number of anilines is 2. The maximum Gasteiger partial charge on any atom is 0.325 e. The first-order valence-electron chi connectivity index (χ1n) is 9.38. The Balaban J connectivity index is 1.70. The SMILES string of the molecule is CC(Nc1ccc(C2=CC(=C3C(=O)Nc4cc(F)ccc43)OC2(C)C)cn1)C(=O)O. The normalized spacial score (nSPS) is 20.1. The van der Waals surface area contributed by atoms with Gasteiger partial charge in [-0.25, -0.2) is 9.37 Å². The van der Waals surface area contributed by atoms with E-state index in [1.54, 1.807) is 24.4 Å². The summed E-state index contributed by atoms with van der Waals surface area (Å²) in [5.74, 6) is -0.907. The highest BCUT2D eigenvalue weighted by Crippen LogP contribution is 2.44. The van der Waals surface area contributed by atoms with Gasteiger partial charge in [0, 0.05) is 22.9 Å². The Labute approximate surface area is 172 Å². The first-order chi connectivity index (χ1) is 14.2. The van der Waals surface area contributed by atoms with Crippen molar-refractivity contribution in [3.8, 4) is 0 Å². The number of carboxylic acids is 1. The third-order valence-corrected chi connectivity index (χ3v) is 5.07. The summed E-state index contributed by atoms with van der Waals surface area (Å²) in [5, 5.41) is 14.5. The van der Waals surface area contributed by atoms with E-state index < -0.39 is 23.4 Å². The number of halogens is 1. The van der Waals surface area contributed by atoms with Crippen molar-refractivity contribution in [3.63, 3.8) is 0 Å². The molecular weight excluding hydrogens is 389 g/mol. The molecule has 4 rings (SSSR count). The third kappa shape index (κ3) is 3.41. The number of carbonyl (C=O) groups excluding carboxylic acids is 1. The van der Waals surface area contributed by atoms with E-state index in [4.69, 9.17) is 9.84 Å². The number of nitrogens with zero attached hydrogens (tertiary/aromatic N) is 1. The largest absolute Gasteiger partial charge is 0.482 e. The number of amides is 1. The van der Waals surface area contributed by atoms with Crippen molar-refractivity contribution in [2.75, 3.05) is 10.6 Å². The Hall–Kier alpha value is -3.68. The molecule has 8 heteroatoms. The van der Waals surface area contributed by atoms with Crippen molar-refractivity contribution < 1.29 is 23.8 Å². The van der Waals surface area contributed by atoms with Gasteiger partial charge in [0.15, 0.2) is 0 Å². The zero-order chi connectivity index (χ0) is 21.6. The van der Waals surface area contributed by atoms with Gasteiger partial charge >= 0.3 is 5.97 Å². The second-order valence-electron chi connectivity index (χ2n) is 7.69. The number of rotatable bonds is 4. The zero-order valence-electron chi connectivity index (χ0n) is 16.6. The number of hydrogen-bond acceptors (Lipinski definition) is 5. The summed E-state index contributed by atoms with van der Waals surface area (Å²) >= 11 is 0. The van der Waals surface area contributed by atoms with E-state index in [1.165, 1.54) is 19.1 Å². The van der Waals surface area contributed by atoms with Crippen LogP contribution in [0.4, 0.5) is 15.9 Å². The lowest BCUT2D eigenvalue weighted by molar-refractivity contribution is -0.137. The van der Waals surface area contributed by atoms with Crippen LogP contribution in [0, 0.1) is 5.82 Å². The van der Waals surface area contributed by atoms with Gasteiger partial charge in [0.2, 0.25) is 0 Å². The van der Waals surface area contributed by atoms with Crippen LogP contribution >= 0.6 is 0 Å². The smallest absolute Gasteiger partial charge is 0.325 e. The number of hydrogen-bond donors (Lipinski definition) is 3. The van der Waals surface area contributed by atoms with Crippen LogP contribution < -0.4 is 10.6 Å². The van der Waals surface area contributed by atoms with Gasteiger partial charge in [0.1, 0.15) is 29.0 Å². The molecule has 1 aromatic heterocycles. The summed E-state index contributed by atoms with van der Waals surface area (Å²) < 4.78 is 19.6. The predicted octanol–water partition coefficient (Wildman–Crippen LogP) is 3.66. The molecule has 1 atom stereocenters. The van der Waals surface area contributed by atoms with Gasteiger partial charge < -0.3 is 20.5 Å². The summed E-state index contributed by atoms with van der Waals surface area (Å²) in [6, 6.07) is 6.87. The van der Waals surface area contributed by atoms with Crippen molar-refractivity contribution in [1.82, 2.24) is 4.98 Å². The van der Waals surface area contributed by atoms with Crippen molar-refractivity contribution >= 4 is 34.5 Å². The molecule has 3 heterocycles. The van der Waals surface area contributed by atoms with Gasteiger partial charge in [-0.05, 0) is 57.2 Å². The molecule has 2 aliphatic rings. The van der Waals surface area contributed by atoms with Crippen LogP contribution in [0.25, 0.3) is 11.1 Å². The second-order valence-corrected chi connectivity index (χ2v) is 7.69. The van der Waals surface area contributed by atoms with Crippen LogP contribution in [-0.4, -0.2) is 33.6 Å². The molecule has 0 fully saturated rings. The fourth-order valence-corrected chi connectivity index (χ4v) is 3.53. The fraction of sp³-hybridized carbons (Fsp3) is 0.227. The number of carboxylic acid groups (broad SMARTS) is 1. The molecule has 7 nitrogen and oxygen atoms in total. The summed E-state index contributed by atoms with van der Waals surface area (Å²) in [6.45, 7) is 5.29. The Morgan fingerprint density at radius 3 is 2.73 bits per heavy atom. The highest BCUT2D eigenvalue weighted by atomic mass is 19.1. The number of allylic oxidation sites excluding steroid dienone is 1. The standard InChI is InChI=1S/C22H20FN3O4/c1-11(21(28)29)25-18-7-4-12(10-24-18)15-9-17(30-22(15,2)3)19-14-6-5-13(23)8-16(14)26-20(19)27/h4-11H,1-3H3,(H,24,25)(H,26,27)(H,28,29). The third-order valence-electron chi connectivity index (χ3n) is 5.07. The number of ether oxygens (including phenoxy) is 1. The average Bonchev–Trinajstić information content (AvgIpc) is 3.16. The Morgan fingerprint density at radius 2 is 2.07 bits per heavy atom. The number of pyridine rings is 1. The van der Waals surface area contributed by atoms with E-state index in [0.29, 0.717) is 28.4 Å².